The van der Waals surface area contributed by atoms with E-state index in [1.54, 1.807) is 0 Å². The smallest absolute Gasteiger partial charge is 0.345 e. The lowest BCUT2D eigenvalue weighted by Crippen LogP contribution is -2.41. The van der Waals surface area contributed by atoms with Gasteiger partial charge in [0.1, 0.15) is 6.20 Å². The molecule has 0 unspecified atom stereocenters. The Balaban J connectivity index is 2.06. The summed E-state index contributed by atoms with van der Waals surface area (Å²) in [7, 11) is 0. The molecule has 0 bridgehead atoms. The largest absolute Gasteiger partial charge is 0.356 e. The monoisotopic (exact) mass is 213 g/mol. The van der Waals surface area contributed by atoms with Gasteiger partial charge in [-0.05, 0) is 37.5 Å². The highest BCUT2D eigenvalue weighted by molar-refractivity contribution is 7.18. The molecule has 1 aliphatic carbocycles. The van der Waals surface area contributed by atoms with E-state index in [0.29, 0.717) is 5.13 Å². The van der Waals surface area contributed by atoms with Crippen molar-refractivity contribution in [2.75, 3.05) is 5.32 Å². The van der Waals surface area contributed by atoms with Crippen LogP contribution >= 0.6 is 11.3 Å². The highest BCUT2D eigenvalue weighted by Crippen LogP contribution is 2.36. The van der Waals surface area contributed by atoms with E-state index in [1.807, 2.05) is 0 Å². The van der Waals surface area contributed by atoms with Gasteiger partial charge in [-0.1, -0.05) is 0 Å². The van der Waals surface area contributed by atoms with Gasteiger partial charge in [-0.15, -0.1) is 0 Å². The van der Waals surface area contributed by atoms with Crippen LogP contribution in [0.15, 0.2) is 6.20 Å². The normalized spacial score (nSPS) is 18.6. The van der Waals surface area contributed by atoms with Crippen LogP contribution in [0, 0.1) is 10.1 Å². The van der Waals surface area contributed by atoms with Gasteiger partial charge in [-0.25, -0.2) is 4.98 Å². The van der Waals surface area contributed by atoms with Crippen LogP contribution in [0.1, 0.15) is 26.2 Å². The van der Waals surface area contributed by atoms with Gasteiger partial charge in [0.2, 0.25) is 0 Å². The minimum atomic E-state index is -0.411. The van der Waals surface area contributed by atoms with Gasteiger partial charge in [0.25, 0.3) is 0 Å². The fraction of sp³-hybridized carbons (Fsp3) is 0.625. The zero-order valence-corrected chi connectivity index (χ0v) is 8.63. The van der Waals surface area contributed by atoms with Gasteiger partial charge >= 0.3 is 5.00 Å². The van der Waals surface area contributed by atoms with E-state index in [9.17, 15) is 10.1 Å². The maximum absolute atomic E-state index is 10.4. The number of anilines is 1. The Labute approximate surface area is 85.3 Å². The average Bonchev–Trinajstić information content (AvgIpc) is 2.50. The van der Waals surface area contributed by atoms with E-state index in [-0.39, 0.29) is 10.5 Å². The summed E-state index contributed by atoms with van der Waals surface area (Å²) in [6.45, 7) is 2.11. The van der Waals surface area contributed by atoms with Crippen molar-refractivity contribution in [1.29, 1.82) is 0 Å². The topological polar surface area (TPSA) is 68.1 Å². The molecule has 76 valence electrons. The van der Waals surface area contributed by atoms with Crippen LogP contribution < -0.4 is 5.32 Å². The van der Waals surface area contributed by atoms with Gasteiger partial charge in [0.15, 0.2) is 5.13 Å². The SMILES string of the molecule is CC1(Nc2ncc([N+](=O)[O-])s2)CCC1. The lowest BCUT2D eigenvalue weighted by molar-refractivity contribution is -0.380. The third-order valence-electron chi connectivity index (χ3n) is 2.54. The summed E-state index contributed by atoms with van der Waals surface area (Å²) in [5.74, 6) is 0. The first-order valence-corrected chi connectivity index (χ1v) is 5.29. The Hall–Kier alpha value is -1.17. The van der Waals surface area contributed by atoms with Crippen LogP contribution in [-0.2, 0) is 0 Å². The minimum absolute atomic E-state index is 0.0930. The van der Waals surface area contributed by atoms with Crippen LogP contribution in [0.5, 0.6) is 0 Å². The Morgan fingerprint density at radius 3 is 2.86 bits per heavy atom. The van der Waals surface area contributed by atoms with Crippen molar-refractivity contribution in [2.45, 2.75) is 31.7 Å². The van der Waals surface area contributed by atoms with Crippen molar-refractivity contribution >= 4 is 21.5 Å². The maximum atomic E-state index is 10.4. The van der Waals surface area contributed by atoms with Gasteiger partial charge < -0.3 is 5.32 Å². The first-order chi connectivity index (χ1) is 6.59. The van der Waals surface area contributed by atoms with E-state index in [1.165, 1.54) is 12.6 Å². The molecule has 0 saturated heterocycles. The number of aromatic nitrogens is 1. The quantitative estimate of drug-likeness (QED) is 0.618. The molecule has 1 aromatic rings. The summed E-state index contributed by atoms with van der Waals surface area (Å²) in [6, 6.07) is 0. The molecule has 1 aromatic heterocycles. The second kappa shape index (κ2) is 3.20. The van der Waals surface area contributed by atoms with Crippen molar-refractivity contribution in [2.24, 2.45) is 0 Å². The van der Waals surface area contributed by atoms with Crippen LogP contribution in [0.2, 0.25) is 0 Å². The number of thiazole rings is 1. The first-order valence-electron chi connectivity index (χ1n) is 4.47. The predicted molar refractivity (Wildman–Crippen MR) is 54.6 cm³/mol. The van der Waals surface area contributed by atoms with Crippen molar-refractivity contribution in [3.63, 3.8) is 0 Å². The van der Waals surface area contributed by atoms with Gasteiger partial charge in [0.05, 0.1) is 4.92 Å². The number of hydrogen-bond acceptors (Lipinski definition) is 5. The summed E-state index contributed by atoms with van der Waals surface area (Å²) in [4.78, 5) is 14.0. The molecule has 1 heterocycles. The Morgan fingerprint density at radius 1 is 1.71 bits per heavy atom. The first kappa shape index (κ1) is 9.39. The van der Waals surface area contributed by atoms with Gasteiger partial charge in [-0.3, -0.25) is 10.1 Å². The number of hydrogen-bond donors (Lipinski definition) is 1. The van der Waals surface area contributed by atoms with E-state index in [4.69, 9.17) is 0 Å². The molecule has 1 aliphatic rings. The molecule has 0 radical (unpaired) electrons. The van der Waals surface area contributed by atoms with Crippen LogP contribution in [-0.4, -0.2) is 15.4 Å². The molecule has 14 heavy (non-hydrogen) atoms. The third-order valence-corrected chi connectivity index (χ3v) is 3.40. The predicted octanol–water partition coefficient (Wildman–Crippen LogP) is 2.41. The van der Waals surface area contributed by atoms with Crippen LogP contribution in [0.25, 0.3) is 0 Å². The van der Waals surface area contributed by atoms with E-state index < -0.39 is 4.92 Å². The number of nitro groups is 1. The molecule has 0 aromatic carbocycles. The average molecular weight is 213 g/mol. The van der Waals surface area contributed by atoms with Gasteiger partial charge in [0, 0.05) is 5.54 Å². The Kier molecular flexibility index (Phi) is 2.14. The van der Waals surface area contributed by atoms with Crippen molar-refractivity contribution in [1.82, 2.24) is 4.98 Å². The molecule has 1 saturated carbocycles. The molecule has 0 spiro atoms. The Morgan fingerprint density at radius 2 is 2.43 bits per heavy atom. The summed E-state index contributed by atoms with van der Waals surface area (Å²) in [5, 5.41) is 14.4. The number of nitrogens with one attached hydrogen (secondary N) is 1. The molecule has 6 heteroatoms. The minimum Gasteiger partial charge on any atom is -0.356 e. The molecular formula is C8H11N3O2S. The summed E-state index contributed by atoms with van der Waals surface area (Å²) < 4.78 is 0. The molecule has 2 rings (SSSR count). The summed E-state index contributed by atoms with van der Waals surface area (Å²) >= 11 is 1.10. The van der Waals surface area contributed by atoms with Crippen molar-refractivity contribution in [3.8, 4) is 0 Å². The lowest BCUT2D eigenvalue weighted by Gasteiger charge is -2.38. The molecule has 0 atom stereocenters. The standard InChI is InChI=1S/C8H11N3O2S/c1-8(3-2-4-8)10-7-9-5-6(14-7)11(12)13/h5H,2-4H2,1H3,(H,9,10). The summed E-state index contributed by atoms with van der Waals surface area (Å²) in [6.07, 6.45) is 4.74. The molecule has 5 nitrogen and oxygen atoms in total. The van der Waals surface area contributed by atoms with Crippen LogP contribution in [0.4, 0.5) is 10.1 Å². The highest BCUT2D eigenvalue weighted by Gasteiger charge is 2.32. The Bertz CT molecular complexity index is 359. The van der Waals surface area contributed by atoms with E-state index >= 15 is 0 Å². The lowest BCUT2D eigenvalue weighted by atomic mass is 9.79. The van der Waals surface area contributed by atoms with Crippen molar-refractivity contribution in [3.05, 3.63) is 16.3 Å². The van der Waals surface area contributed by atoms with E-state index in [0.717, 1.165) is 24.2 Å². The molecule has 1 N–H and O–H groups in total. The highest BCUT2D eigenvalue weighted by atomic mass is 32.1. The zero-order chi connectivity index (χ0) is 10.2. The van der Waals surface area contributed by atoms with Crippen molar-refractivity contribution < 1.29 is 4.92 Å². The summed E-state index contributed by atoms with van der Waals surface area (Å²) in [5.41, 5.74) is 0.103. The second-order valence-electron chi connectivity index (χ2n) is 3.80. The fourth-order valence-electron chi connectivity index (χ4n) is 1.50. The molecule has 0 amide bonds. The fourth-order valence-corrected chi connectivity index (χ4v) is 2.28. The number of rotatable bonds is 3. The van der Waals surface area contributed by atoms with Crippen LogP contribution in [0.3, 0.4) is 0 Å². The van der Waals surface area contributed by atoms with Gasteiger partial charge in [-0.2, -0.15) is 0 Å². The maximum Gasteiger partial charge on any atom is 0.345 e. The molecule has 1 fully saturated rings. The molecule has 0 aliphatic heterocycles. The second-order valence-corrected chi connectivity index (χ2v) is 4.81. The third kappa shape index (κ3) is 1.70. The van der Waals surface area contributed by atoms with E-state index in [2.05, 4.69) is 17.2 Å². The molecular weight excluding hydrogens is 202 g/mol. The number of nitrogens with zero attached hydrogens (tertiary/aromatic N) is 2. The zero-order valence-electron chi connectivity index (χ0n) is 7.82.